The maximum Gasteiger partial charge on any atom is 0.221 e. The molecule has 2 aliphatic heterocycles. The van der Waals surface area contributed by atoms with Gasteiger partial charge in [0.15, 0.2) is 31.2 Å². The Hall–Kier alpha value is -5.21. The molecule has 2 saturated heterocycles. The molecule has 6 aromatic carbocycles. The van der Waals surface area contributed by atoms with Crippen molar-refractivity contribution >= 4 is 55.3 Å². The molecule has 2 heterocycles. The maximum absolute atomic E-state index is 11.0. The zero-order valence-electron chi connectivity index (χ0n) is 44.0. The average molecular weight is 1200 g/mol. The summed E-state index contributed by atoms with van der Waals surface area (Å²) in [7, 11) is -6.01. The van der Waals surface area contributed by atoms with Crippen LogP contribution < -0.4 is 0 Å². The van der Waals surface area contributed by atoms with E-state index in [1.54, 1.807) is 89.1 Å². The first kappa shape index (κ1) is 83.1. The minimum Gasteiger partial charge on any atom is -0.520 e. The fourth-order valence-corrected chi connectivity index (χ4v) is 6.58. The molecule has 0 unspecified atom stereocenters. The van der Waals surface area contributed by atoms with E-state index < -0.39 is 19.7 Å². The van der Waals surface area contributed by atoms with Crippen LogP contribution in [0.2, 0.25) is 0 Å². The van der Waals surface area contributed by atoms with E-state index >= 15 is 0 Å². The number of carbonyl (C=O) groups is 3. The van der Waals surface area contributed by atoms with Gasteiger partial charge in [-0.2, -0.15) is 6.41 Å². The number of hydrogen-bond donors (Lipinski definition) is 2. The molecule has 0 saturated carbocycles. The second-order valence-corrected chi connectivity index (χ2v) is 19.7. The van der Waals surface area contributed by atoms with Crippen LogP contribution in [0.25, 0.3) is 0 Å². The third kappa shape index (κ3) is 48.9. The number of rotatable bonds is 7. The number of amides is 2. The quantitative estimate of drug-likeness (QED) is 0.114. The number of hydrazine groups is 1. The second-order valence-electron chi connectivity index (χ2n) is 14.8. The first-order valence-electron chi connectivity index (χ1n) is 23.1. The van der Waals surface area contributed by atoms with E-state index in [0.29, 0.717) is 23.1 Å². The van der Waals surface area contributed by atoms with Gasteiger partial charge in [-0.15, -0.1) is 11.8 Å². The van der Waals surface area contributed by atoms with Gasteiger partial charge in [0.1, 0.15) is 13.2 Å². The third-order valence-corrected chi connectivity index (χ3v) is 11.7. The summed E-state index contributed by atoms with van der Waals surface area (Å²) in [5.74, 6) is -0.263. The predicted octanol–water partition coefficient (Wildman–Crippen LogP) is 10.4. The van der Waals surface area contributed by atoms with Crippen LogP contribution >= 0.6 is 11.8 Å². The molecule has 77 heavy (non-hydrogen) atoms. The van der Waals surface area contributed by atoms with Crippen LogP contribution in [-0.2, 0) is 71.6 Å². The molecule has 2 amide bonds. The summed E-state index contributed by atoms with van der Waals surface area (Å²) in [6, 6.07) is 63.0. The molecule has 1 radical (unpaired) electrons. The van der Waals surface area contributed by atoms with Gasteiger partial charge in [0.05, 0.1) is 23.1 Å². The molecular formula is C59H87N4O10S3Y-. The van der Waals surface area contributed by atoms with Crippen molar-refractivity contribution in [3.63, 3.8) is 0 Å². The minimum atomic E-state index is -3.00. The van der Waals surface area contributed by atoms with Gasteiger partial charge in [-0.1, -0.05) is 200 Å². The normalized spacial score (nSPS) is 11.5. The molecule has 0 bridgehead atoms. The Balaban J connectivity index is -0.000000186. The molecule has 0 spiro atoms. The predicted molar refractivity (Wildman–Crippen MR) is 317 cm³/mol. The summed E-state index contributed by atoms with van der Waals surface area (Å²) in [5, 5.41) is 19.9. The number of aliphatic hydroxyl groups is 2. The largest absolute Gasteiger partial charge is 0.520 e. The van der Waals surface area contributed by atoms with Gasteiger partial charge >= 0.3 is 0 Å². The minimum absolute atomic E-state index is 0. The molecule has 0 aliphatic carbocycles. The number of sulfone groups is 2. The van der Waals surface area contributed by atoms with Crippen molar-refractivity contribution in [3.8, 4) is 0 Å². The molecule has 2 aliphatic rings. The molecule has 2 N–H and O–H groups in total. The van der Waals surface area contributed by atoms with Crippen LogP contribution in [-0.4, -0.2) is 142 Å². The van der Waals surface area contributed by atoms with E-state index in [2.05, 4.69) is 28.4 Å². The van der Waals surface area contributed by atoms with Gasteiger partial charge in [-0.3, -0.25) is 14.4 Å². The monoisotopic (exact) mass is 1200 g/mol. The Bertz CT molecular complexity index is 2220. The number of aliphatic hydroxyl groups excluding tert-OH is 2. The van der Waals surface area contributed by atoms with Crippen LogP contribution in [0.1, 0.15) is 56.9 Å². The van der Waals surface area contributed by atoms with Crippen molar-refractivity contribution in [3.05, 3.63) is 200 Å². The van der Waals surface area contributed by atoms with Crippen molar-refractivity contribution in [2.75, 3.05) is 71.5 Å². The smallest absolute Gasteiger partial charge is 0.221 e. The number of ketones is 2. The Kier molecular flexibility index (Phi) is 58.5. The van der Waals surface area contributed by atoms with Crippen molar-refractivity contribution < 1.29 is 78.9 Å². The van der Waals surface area contributed by atoms with Gasteiger partial charge in [0, 0.05) is 83.2 Å². The van der Waals surface area contributed by atoms with Crippen LogP contribution in [0, 0.1) is 0 Å². The van der Waals surface area contributed by atoms with Crippen LogP contribution in [0.5, 0.6) is 0 Å². The first-order valence-corrected chi connectivity index (χ1v) is 28.1. The van der Waals surface area contributed by atoms with Gasteiger partial charge < -0.3 is 24.8 Å². The van der Waals surface area contributed by atoms with E-state index in [1.165, 1.54) is 31.3 Å². The number of Topliss-reactive ketones (excluding diaryl/α,β-unsaturated/α-hetero) is 2. The molecule has 8 rings (SSSR count). The molecule has 0 aromatic heterocycles. The van der Waals surface area contributed by atoms with Gasteiger partial charge in [-0.25, -0.2) is 26.9 Å². The van der Waals surface area contributed by atoms with Crippen molar-refractivity contribution in [2.45, 2.75) is 71.6 Å². The molecule has 18 heteroatoms. The second kappa shape index (κ2) is 54.2. The number of thioether (sulfide) groups is 1. The van der Waals surface area contributed by atoms with Crippen molar-refractivity contribution in [1.29, 1.82) is 0 Å². The first-order chi connectivity index (χ1) is 34.9. The number of benzene rings is 6. The summed E-state index contributed by atoms with van der Waals surface area (Å²) < 4.78 is 43.3. The Labute approximate surface area is 493 Å². The molecule has 6 aromatic rings. The van der Waals surface area contributed by atoms with Gasteiger partial charge in [0.2, 0.25) is 5.91 Å². The molecule has 0 atom stereocenters. The van der Waals surface area contributed by atoms with E-state index in [9.17, 15) is 36.0 Å². The topological polar surface area (TPSA) is 190 Å². The van der Waals surface area contributed by atoms with E-state index in [4.69, 9.17) is 10.2 Å². The molecule has 425 valence electrons. The molecule has 14 nitrogen and oxygen atoms in total. The van der Waals surface area contributed by atoms with Crippen LogP contribution in [0.15, 0.2) is 215 Å². The molecule has 2 fully saturated rings. The average Bonchev–Trinajstić information content (AvgIpc) is 3.42. The summed E-state index contributed by atoms with van der Waals surface area (Å²) in [6.45, 7) is 12.1. The number of nitrogens with zero attached hydrogens (tertiary/aromatic N) is 4. The Morgan fingerprint density at radius 2 is 0.714 bits per heavy atom. The zero-order chi connectivity index (χ0) is 55.2. The van der Waals surface area contributed by atoms with Crippen molar-refractivity contribution in [1.82, 2.24) is 19.8 Å². The molecular weight excluding hydrogens is 1110 g/mol. The standard InChI is InChI=1S/C9H15N4O2.2C7H8O2S.C7H8S.3C6H6.2C3H6O2.C2H6.3CH4.Y/c1-9(15)11-6-13(7-11)12-4-2-10(8-14)3-5-12;2*1-10(8,9)7-5-3-2-4-6-7;1-8-7-5-3-2-4-6-7;3*1-2-4-6-5-3-1;2*1-3(5)2-4;1-2;;;;/h2-7H2,1H3;2*2-6H,1H3;2-6H,1H3;3*1-6H;2*4H,2H2,1H3;1-2H3;3*1H4;/q-1;;;;;;;;;;;;;. The SMILES string of the molecule is C.C.C.CC.CC(=O)CO.CC(=O)CO.CC(=O)N1CN(N2CCN([C-]=O)CC2)C1.CS(=O)(=O)c1ccccc1.CS(=O)(=O)c1ccccc1.CSc1ccccc1.[Y].c1ccccc1.c1ccccc1.c1ccccc1. The number of carbonyl (C=O) groups excluding carboxylic acids is 4. The van der Waals surface area contributed by atoms with Gasteiger partial charge in [-0.05, 0) is 56.5 Å². The summed E-state index contributed by atoms with van der Waals surface area (Å²) >= 11 is 1.77. The fourth-order valence-electron chi connectivity index (χ4n) is 4.85. The Morgan fingerprint density at radius 3 is 0.883 bits per heavy atom. The zero-order valence-corrected chi connectivity index (χ0v) is 49.2. The van der Waals surface area contributed by atoms with Crippen LogP contribution in [0.3, 0.4) is 0 Å². The fraction of sp³-hybridized carbons (Fsp3) is 0.322. The number of piperazine rings is 1. The summed E-state index contributed by atoms with van der Waals surface area (Å²) in [6.07, 6.45) is 6.37. The van der Waals surface area contributed by atoms with Crippen molar-refractivity contribution in [2.24, 2.45) is 0 Å². The van der Waals surface area contributed by atoms with E-state index in [-0.39, 0.29) is 85.7 Å². The maximum atomic E-state index is 11.0. The summed E-state index contributed by atoms with van der Waals surface area (Å²) in [4.78, 5) is 46.0. The Morgan fingerprint density at radius 1 is 0.481 bits per heavy atom. The number of hydrogen-bond acceptors (Lipinski definition) is 13. The van der Waals surface area contributed by atoms with Crippen LogP contribution in [0.4, 0.5) is 0 Å². The van der Waals surface area contributed by atoms with Gasteiger partial charge in [0.25, 0.3) is 0 Å². The third-order valence-electron chi connectivity index (χ3n) is 8.67. The summed E-state index contributed by atoms with van der Waals surface area (Å²) in [5.41, 5.74) is 0. The van der Waals surface area contributed by atoms with E-state index in [0.717, 1.165) is 26.2 Å². The van der Waals surface area contributed by atoms with E-state index in [1.807, 2.05) is 148 Å².